The van der Waals surface area contributed by atoms with Gasteiger partial charge in [-0.15, -0.1) is 0 Å². The number of nitrogens with zero attached hydrogens (tertiary/aromatic N) is 2. The first-order chi connectivity index (χ1) is 11.9. The molecule has 0 heterocycles. The summed E-state index contributed by atoms with van der Waals surface area (Å²) in [6.07, 6.45) is 0.116. The summed E-state index contributed by atoms with van der Waals surface area (Å²) in [5.74, 6) is -2.80. The molecule has 2 unspecified atom stereocenters. The van der Waals surface area contributed by atoms with Crippen LogP contribution in [0.3, 0.4) is 0 Å². The normalized spacial score (nSPS) is 18.1. The van der Waals surface area contributed by atoms with Crippen LogP contribution < -0.4 is 4.90 Å². The molecular weight excluding hydrogens is 332 g/mol. The van der Waals surface area contributed by atoms with Gasteiger partial charge in [0.15, 0.2) is 6.61 Å². The van der Waals surface area contributed by atoms with Crippen LogP contribution in [0.2, 0.25) is 0 Å². The van der Waals surface area contributed by atoms with E-state index in [2.05, 4.69) is 0 Å². The third-order valence-corrected chi connectivity index (χ3v) is 3.63. The fourth-order valence-corrected chi connectivity index (χ4v) is 2.25. The Morgan fingerprint density at radius 1 is 1.24 bits per heavy atom. The Balaban J connectivity index is 1.97. The van der Waals surface area contributed by atoms with Crippen LogP contribution >= 0.6 is 0 Å². The number of amides is 1. The number of hydrogen-bond donors (Lipinski definition) is 0. The van der Waals surface area contributed by atoms with Gasteiger partial charge in [-0.25, -0.2) is 0 Å². The van der Waals surface area contributed by atoms with Gasteiger partial charge >= 0.3 is 11.9 Å². The van der Waals surface area contributed by atoms with Crippen LogP contribution in [0.25, 0.3) is 0 Å². The smallest absolute Gasteiger partial charge is 0.326 e. The topological polar surface area (TPSA) is 116 Å². The van der Waals surface area contributed by atoms with Crippen molar-refractivity contribution in [2.45, 2.75) is 19.4 Å². The zero-order valence-corrected chi connectivity index (χ0v) is 13.6. The molecule has 134 valence electrons. The molecule has 1 aliphatic rings. The first-order valence-electron chi connectivity index (χ1n) is 7.75. The Labute approximate surface area is 143 Å². The minimum absolute atomic E-state index is 0.116. The maximum Gasteiger partial charge on any atom is 0.326 e. The molecule has 25 heavy (non-hydrogen) atoms. The molecule has 2 atom stereocenters. The lowest BCUT2D eigenvalue weighted by molar-refractivity contribution is -0.497. The molecule has 1 fully saturated rings. The lowest BCUT2D eigenvalue weighted by Crippen LogP contribution is -2.39. The molecule has 1 aromatic rings. The number of hydrogen-bond acceptors (Lipinski definition) is 7. The van der Waals surface area contributed by atoms with E-state index in [1.165, 1.54) is 0 Å². The summed E-state index contributed by atoms with van der Waals surface area (Å²) < 4.78 is 9.71. The summed E-state index contributed by atoms with van der Waals surface area (Å²) in [5.41, 5.74) is 0.450. The van der Waals surface area contributed by atoms with E-state index >= 15 is 0 Å². The quantitative estimate of drug-likeness (QED) is 0.386. The van der Waals surface area contributed by atoms with E-state index in [-0.39, 0.29) is 19.6 Å². The Morgan fingerprint density at radius 2 is 1.92 bits per heavy atom. The van der Waals surface area contributed by atoms with Crippen molar-refractivity contribution in [1.82, 2.24) is 0 Å². The molecule has 1 amide bonds. The van der Waals surface area contributed by atoms with Crippen molar-refractivity contribution in [2.24, 2.45) is 5.92 Å². The van der Waals surface area contributed by atoms with Crippen LogP contribution in [0.15, 0.2) is 30.3 Å². The van der Waals surface area contributed by atoms with E-state index in [1.807, 2.05) is 0 Å². The van der Waals surface area contributed by atoms with E-state index in [1.54, 1.807) is 37.3 Å². The SMILES string of the molecule is CCOC(=O)CN(C(=O)COC(=O)C1CC1[N+](=O)[O-])c1ccccc1. The average Bonchev–Trinajstić information content (AvgIpc) is 3.39. The molecule has 9 heteroatoms. The first-order valence-corrected chi connectivity index (χ1v) is 7.75. The van der Waals surface area contributed by atoms with Crippen LogP contribution in [0, 0.1) is 16.0 Å². The van der Waals surface area contributed by atoms with Gasteiger partial charge in [-0.2, -0.15) is 0 Å². The van der Waals surface area contributed by atoms with Gasteiger partial charge in [-0.1, -0.05) is 18.2 Å². The number of para-hydroxylation sites is 1. The maximum atomic E-state index is 12.4. The number of anilines is 1. The van der Waals surface area contributed by atoms with Crippen molar-refractivity contribution in [3.63, 3.8) is 0 Å². The molecule has 0 spiro atoms. The molecule has 0 aliphatic heterocycles. The zero-order valence-electron chi connectivity index (χ0n) is 13.6. The Bertz CT molecular complexity index is 662. The number of benzene rings is 1. The second-order valence-corrected chi connectivity index (χ2v) is 5.42. The third kappa shape index (κ3) is 5.00. The van der Waals surface area contributed by atoms with Crippen molar-refractivity contribution in [1.29, 1.82) is 0 Å². The molecule has 1 aromatic carbocycles. The molecule has 1 saturated carbocycles. The van der Waals surface area contributed by atoms with Crippen molar-refractivity contribution in [3.05, 3.63) is 40.4 Å². The Kier molecular flexibility index (Phi) is 6.04. The molecule has 0 saturated heterocycles. The van der Waals surface area contributed by atoms with E-state index in [4.69, 9.17) is 9.47 Å². The monoisotopic (exact) mass is 350 g/mol. The Morgan fingerprint density at radius 3 is 2.48 bits per heavy atom. The first kappa shape index (κ1) is 18.4. The largest absolute Gasteiger partial charge is 0.465 e. The lowest BCUT2D eigenvalue weighted by Gasteiger charge is -2.21. The van der Waals surface area contributed by atoms with Gasteiger partial charge in [0.25, 0.3) is 5.91 Å². The number of carbonyl (C=O) groups excluding carboxylic acids is 3. The van der Waals surface area contributed by atoms with E-state index in [0.29, 0.717) is 5.69 Å². The second-order valence-electron chi connectivity index (χ2n) is 5.42. The molecule has 2 rings (SSSR count). The zero-order chi connectivity index (χ0) is 18.4. The lowest BCUT2D eigenvalue weighted by atomic mass is 10.3. The molecule has 9 nitrogen and oxygen atoms in total. The fraction of sp³-hybridized carbons (Fsp3) is 0.438. The molecule has 0 aromatic heterocycles. The van der Waals surface area contributed by atoms with Crippen molar-refractivity contribution < 1.29 is 28.8 Å². The van der Waals surface area contributed by atoms with Crippen LogP contribution in [-0.4, -0.2) is 48.6 Å². The molecule has 0 bridgehead atoms. The summed E-state index contributed by atoms with van der Waals surface area (Å²) in [6, 6.07) is 7.46. The molecule has 0 radical (unpaired) electrons. The van der Waals surface area contributed by atoms with E-state index in [9.17, 15) is 24.5 Å². The van der Waals surface area contributed by atoms with Crippen LogP contribution in [0.5, 0.6) is 0 Å². The van der Waals surface area contributed by atoms with Gasteiger partial charge in [0.05, 0.1) is 6.61 Å². The van der Waals surface area contributed by atoms with Crippen LogP contribution in [0.1, 0.15) is 13.3 Å². The number of esters is 2. The number of nitro groups is 1. The predicted molar refractivity (Wildman–Crippen MR) is 85.3 cm³/mol. The van der Waals surface area contributed by atoms with Gasteiger partial charge < -0.3 is 9.47 Å². The summed E-state index contributed by atoms with van der Waals surface area (Å²) in [7, 11) is 0. The standard InChI is InChI=1S/C16H18N2O7/c1-2-24-15(20)9-17(11-6-4-3-5-7-11)14(19)10-25-16(21)12-8-13(12)18(22)23/h3-7,12-13H,2,8-10H2,1H3. The minimum atomic E-state index is -0.938. The molecule has 1 aliphatic carbocycles. The highest BCUT2D eigenvalue weighted by molar-refractivity contribution is 5.99. The average molecular weight is 350 g/mol. The highest BCUT2D eigenvalue weighted by Gasteiger charge is 2.54. The summed E-state index contributed by atoms with van der Waals surface area (Å²) in [4.78, 5) is 46.9. The molecular formula is C16H18N2O7. The summed E-state index contributed by atoms with van der Waals surface area (Å²) >= 11 is 0. The number of rotatable bonds is 8. The predicted octanol–water partition coefficient (Wildman–Crippen LogP) is 0.791. The molecule has 0 N–H and O–H groups in total. The van der Waals surface area contributed by atoms with Gasteiger partial charge in [-0.05, 0) is 19.1 Å². The Hall–Kier alpha value is -2.97. The summed E-state index contributed by atoms with van der Waals surface area (Å²) in [6.45, 7) is 0.896. The number of carbonyl (C=O) groups is 3. The summed E-state index contributed by atoms with van der Waals surface area (Å²) in [5, 5.41) is 10.6. The third-order valence-electron chi connectivity index (χ3n) is 3.63. The second kappa shape index (κ2) is 8.22. The number of ether oxygens (including phenoxy) is 2. The van der Waals surface area contributed by atoms with Gasteiger partial charge in [0.2, 0.25) is 6.04 Å². The van der Waals surface area contributed by atoms with Gasteiger partial charge in [-0.3, -0.25) is 29.4 Å². The fourth-order valence-electron chi connectivity index (χ4n) is 2.25. The van der Waals surface area contributed by atoms with Gasteiger partial charge in [0, 0.05) is 17.0 Å². The highest BCUT2D eigenvalue weighted by atomic mass is 16.6. The maximum absolute atomic E-state index is 12.4. The van der Waals surface area contributed by atoms with E-state index in [0.717, 1.165) is 4.90 Å². The van der Waals surface area contributed by atoms with E-state index < -0.39 is 41.3 Å². The van der Waals surface area contributed by atoms with Crippen molar-refractivity contribution in [3.8, 4) is 0 Å². The van der Waals surface area contributed by atoms with Gasteiger partial charge in [0.1, 0.15) is 12.5 Å². The van der Waals surface area contributed by atoms with Crippen LogP contribution in [-0.2, 0) is 23.9 Å². The van der Waals surface area contributed by atoms with Crippen molar-refractivity contribution >= 4 is 23.5 Å². The highest BCUT2D eigenvalue weighted by Crippen LogP contribution is 2.34. The van der Waals surface area contributed by atoms with Crippen LogP contribution in [0.4, 0.5) is 5.69 Å². The minimum Gasteiger partial charge on any atom is -0.465 e. The van der Waals surface area contributed by atoms with Crippen molar-refractivity contribution in [2.75, 3.05) is 24.7 Å².